The number of allylic oxidation sites excluding steroid dienone is 1. The van der Waals surface area contributed by atoms with E-state index in [1.54, 1.807) is 18.2 Å². The largest absolute Gasteiger partial charge is 0.493 e. The highest BCUT2D eigenvalue weighted by Gasteiger charge is 2.44. The molecule has 160 valence electrons. The maximum atomic E-state index is 12.2. The van der Waals surface area contributed by atoms with Crippen LogP contribution in [0.5, 0.6) is 11.5 Å². The number of rotatable bonds is 5. The number of aliphatic hydroxyl groups is 4. The van der Waals surface area contributed by atoms with Crippen molar-refractivity contribution in [2.45, 2.75) is 56.9 Å². The summed E-state index contributed by atoms with van der Waals surface area (Å²) >= 11 is 0. The summed E-state index contributed by atoms with van der Waals surface area (Å²) in [6.45, 7) is 1.53. The number of hydrogen-bond acceptors (Lipinski definition) is 8. The van der Waals surface area contributed by atoms with E-state index in [1.807, 2.05) is 6.08 Å². The van der Waals surface area contributed by atoms with Crippen molar-refractivity contribution in [3.8, 4) is 11.5 Å². The van der Waals surface area contributed by atoms with Gasteiger partial charge in [-0.05, 0) is 48.1 Å². The number of carbonyl (C=O) groups is 1. The fourth-order valence-corrected chi connectivity index (χ4v) is 3.61. The Hall–Kier alpha value is -1.97. The van der Waals surface area contributed by atoms with Crippen LogP contribution in [0.1, 0.15) is 31.7 Å². The molecule has 8 heteroatoms. The van der Waals surface area contributed by atoms with Crippen molar-refractivity contribution in [3.05, 3.63) is 29.3 Å². The van der Waals surface area contributed by atoms with Gasteiger partial charge in [0.1, 0.15) is 24.4 Å². The lowest BCUT2D eigenvalue weighted by atomic mass is 9.85. The van der Waals surface area contributed by atoms with E-state index in [9.17, 15) is 25.2 Å². The lowest BCUT2D eigenvalue weighted by Crippen LogP contribution is -2.60. The smallest absolute Gasteiger partial charge is 0.229 e. The van der Waals surface area contributed by atoms with Crippen molar-refractivity contribution in [2.24, 2.45) is 5.92 Å². The highest BCUT2D eigenvalue weighted by Crippen LogP contribution is 2.33. The van der Waals surface area contributed by atoms with Crippen LogP contribution < -0.4 is 9.47 Å². The van der Waals surface area contributed by atoms with Gasteiger partial charge in [0.05, 0.1) is 13.7 Å². The summed E-state index contributed by atoms with van der Waals surface area (Å²) in [5, 5.41) is 39.2. The zero-order chi connectivity index (χ0) is 21.1. The number of methoxy groups -OCH3 is 1. The first-order valence-electron chi connectivity index (χ1n) is 9.73. The molecule has 1 aliphatic heterocycles. The Morgan fingerprint density at radius 3 is 2.59 bits per heavy atom. The number of hydrogen-bond donors (Lipinski definition) is 4. The minimum Gasteiger partial charge on any atom is -0.493 e. The second-order valence-electron chi connectivity index (χ2n) is 7.67. The van der Waals surface area contributed by atoms with Gasteiger partial charge in [0.2, 0.25) is 6.29 Å². The molecule has 8 nitrogen and oxygen atoms in total. The van der Waals surface area contributed by atoms with Gasteiger partial charge in [0.25, 0.3) is 0 Å². The van der Waals surface area contributed by atoms with Crippen molar-refractivity contribution in [3.63, 3.8) is 0 Å². The Bertz CT molecular complexity index is 759. The fraction of sp³-hybridized carbons (Fsp3) is 0.571. The predicted molar refractivity (Wildman–Crippen MR) is 103 cm³/mol. The van der Waals surface area contributed by atoms with Crippen molar-refractivity contribution in [1.82, 2.24) is 0 Å². The van der Waals surface area contributed by atoms with Crippen LogP contribution in [0.3, 0.4) is 0 Å². The number of ketones is 1. The summed E-state index contributed by atoms with van der Waals surface area (Å²) < 4.78 is 16.4. The Labute approximate surface area is 169 Å². The van der Waals surface area contributed by atoms with E-state index in [0.29, 0.717) is 18.1 Å². The van der Waals surface area contributed by atoms with Gasteiger partial charge in [-0.3, -0.25) is 4.79 Å². The van der Waals surface area contributed by atoms with Crippen LogP contribution in [0.2, 0.25) is 0 Å². The van der Waals surface area contributed by atoms with Gasteiger partial charge in [0.15, 0.2) is 17.3 Å². The standard InChI is InChI=1S/C21H28O8/c1-11-3-5-13(14(23)7-11)8-12-4-6-15(16(9-12)27-2)28-21-20(26)19(25)18(24)17(10-22)29-21/h4,6,8-9,11,17-22,24-26H,3,5,7,10H2,1-2H3. The second kappa shape index (κ2) is 9.23. The zero-order valence-corrected chi connectivity index (χ0v) is 16.5. The van der Waals surface area contributed by atoms with Crippen LogP contribution in [0.4, 0.5) is 0 Å². The second-order valence-corrected chi connectivity index (χ2v) is 7.67. The third-order valence-corrected chi connectivity index (χ3v) is 5.42. The van der Waals surface area contributed by atoms with E-state index < -0.39 is 37.3 Å². The van der Waals surface area contributed by atoms with Gasteiger partial charge in [-0.2, -0.15) is 0 Å². The molecule has 6 atom stereocenters. The number of aliphatic hydroxyl groups excluding tert-OH is 4. The molecule has 2 aliphatic rings. The Morgan fingerprint density at radius 1 is 1.17 bits per heavy atom. The topological polar surface area (TPSA) is 126 Å². The average molecular weight is 408 g/mol. The van der Waals surface area contributed by atoms with Gasteiger partial charge in [0, 0.05) is 6.42 Å². The summed E-state index contributed by atoms with van der Waals surface area (Å²) in [7, 11) is 1.46. The Balaban J connectivity index is 1.78. The van der Waals surface area contributed by atoms with Gasteiger partial charge in [-0.25, -0.2) is 0 Å². The number of carbonyl (C=O) groups excluding carboxylic acids is 1. The molecule has 0 amide bonds. The fourth-order valence-electron chi connectivity index (χ4n) is 3.61. The molecule has 1 aromatic carbocycles. The molecule has 1 saturated heterocycles. The van der Waals surface area contributed by atoms with Gasteiger partial charge >= 0.3 is 0 Å². The highest BCUT2D eigenvalue weighted by atomic mass is 16.7. The minimum absolute atomic E-state index is 0.157. The van der Waals surface area contributed by atoms with Crippen LogP contribution in [0, 0.1) is 5.92 Å². The molecule has 1 saturated carbocycles. The molecule has 0 aromatic heterocycles. The molecule has 1 heterocycles. The van der Waals surface area contributed by atoms with Crippen molar-refractivity contribution in [1.29, 1.82) is 0 Å². The number of benzene rings is 1. The van der Waals surface area contributed by atoms with Crippen LogP contribution >= 0.6 is 0 Å². The number of Topliss-reactive ketones (excluding diaryl/α,β-unsaturated/α-hetero) is 1. The van der Waals surface area contributed by atoms with Crippen molar-refractivity contribution >= 4 is 11.9 Å². The van der Waals surface area contributed by atoms with Gasteiger partial charge in [-0.15, -0.1) is 0 Å². The minimum atomic E-state index is -1.53. The van der Waals surface area contributed by atoms with Gasteiger partial charge in [-0.1, -0.05) is 13.0 Å². The van der Waals surface area contributed by atoms with E-state index in [0.717, 1.165) is 24.0 Å². The van der Waals surface area contributed by atoms with Crippen molar-refractivity contribution < 1.29 is 39.4 Å². The molecule has 3 rings (SSSR count). The Morgan fingerprint density at radius 2 is 1.93 bits per heavy atom. The first-order chi connectivity index (χ1) is 13.8. The quantitative estimate of drug-likeness (QED) is 0.523. The maximum absolute atomic E-state index is 12.2. The van der Waals surface area contributed by atoms with E-state index in [2.05, 4.69) is 6.92 Å². The summed E-state index contributed by atoms with van der Waals surface area (Å²) in [6.07, 6.45) is -2.74. The van der Waals surface area contributed by atoms with Gasteiger partial charge < -0.3 is 34.6 Å². The first kappa shape index (κ1) is 21.7. The van der Waals surface area contributed by atoms with Crippen LogP contribution in [0.15, 0.2) is 23.8 Å². The lowest BCUT2D eigenvalue weighted by Gasteiger charge is -2.39. The summed E-state index contributed by atoms with van der Waals surface area (Å²) in [5.74, 6) is 1.17. The summed E-state index contributed by atoms with van der Waals surface area (Å²) in [4.78, 5) is 12.2. The monoisotopic (exact) mass is 408 g/mol. The van der Waals surface area contributed by atoms with Crippen LogP contribution in [-0.2, 0) is 9.53 Å². The van der Waals surface area contributed by atoms with E-state index in [-0.39, 0.29) is 11.5 Å². The molecule has 29 heavy (non-hydrogen) atoms. The molecule has 0 radical (unpaired) electrons. The third-order valence-electron chi connectivity index (χ3n) is 5.42. The van der Waals surface area contributed by atoms with E-state index in [4.69, 9.17) is 14.2 Å². The number of ether oxygens (including phenoxy) is 3. The molecular formula is C21H28O8. The third kappa shape index (κ3) is 4.79. The van der Waals surface area contributed by atoms with Crippen LogP contribution in [-0.4, -0.2) is 70.6 Å². The molecule has 2 fully saturated rings. The predicted octanol–water partition coefficient (Wildman–Crippen LogP) is 0.646. The molecule has 0 bridgehead atoms. The molecule has 4 N–H and O–H groups in total. The summed E-state index contributed by atoms with van der Waals surface area (Å²) in [5.41, 5.74) is 1.56. The maximum Gasteiger partial charge on any atom is 0.229 e. The molecular weight excluding hydrogens is 380 g/mol. The molecule has 1 aromatic rings. The highest BCUT2D eigenvalue weighted by molar-refractivity contribution is 6.00. The zero-order valence-electron chi connectivity index (χ0n) is 16.5. The van der Waals surface area contributed by atoms with E-state index >= 15 is 0 Å². The lowest BCUT2D eigenvalue weighted by molar-refractivity contribution is -0.277. The Kier molecular flexibility index (Phi) is 6.92. The van der Waals surface area contributed by atoms with Crippen LogP contribution in [0.25, 0.3) is 6.08 Å². The normalized spacial score (nSPS) is 34.3. The molecule has 0 spiro atoms. The van der Waals surface area contributed by atoms with E-state index in [1.165, 1.54) is 7.11 Å². The average Bonchev–Trinajstić information content (AvgIpc) is 2.71. The SMILES string of the molecule is COc1cc(C=C2CCC(C)CC2=O)ccc1OC1OC(CO)C(O)C(O)C1O. The summed E-state index contributed by atoms with van der Waals surface area (Å²) in [6, 6.07) is 5.07. The molecule has 6 unspecified atom stereocenters. The molecule has 1 aliphatic carbocycles. The van der Waals surface area contributed by atoms with Crippen molar-refractivity contribution in [2.75, 3.05) is 13.7 Å². The first-order valence-corrected chi connectivity index (χ1v) is 9.73.